The number of carbonyl (C=O) groups excluding carboxylic acids is 2. The fourth-order valence-electron chi connectivity index (χ4n) is 2.64. The minimum absolute atomic E-state index is 0.175. The van der Waals surface area contributed by atoms with Gasteiger partial charge in [-0.25, -0.2) is 4.79 Å². The Kier molecular flexibility index (Phi) is 4.83. The second-order valence-corrected chi connectivity index (χ2v) is 5.11. The van der Waals surface area contributed by atoms with Gasteiger partial charge < -0.3 is 14.4 Å². The summed E-state index contributed by atoms with van der Waals surface area (Å²) in [5.41, 5.74) is 1.47. The average Bonchev–Trinajstić information content (AvgIpc) is 2.96. The topological polar surface area (TPSA) is 55.8 Å². The predicted octanol–water partition coefficient (Wildman–Crippen LogP) is 2.17. The average molecular weight is 291 g/mol. The lowest BCUT2D eigenvalue weighted by Gasteiger charge is -2.24. The van der Waals surface area contributed by atoms with Gasteiger partial charge in [0.2, 0.25) is 0 Å². The molecule has 1 amide bonds. The monoisotopic (exact) mass is 291 g/mol. The van der Waals surface area contributed by atoms with Gasteiger partial charge in [0.15, 0.2) is 0 Å². The summed E-state index contributed by atoms with van der Waals surface area (Å²) in [7, 11) is 1.54. The van der Waals surface area contributed by atoms with Crippen LogP contribution >= 0.6 is 0 Å². The first-order chi connectivity index (χ1) is 10.1. The van der Waals surface area contributed by atoms with Crippen LogP contribution in [0.25, 0.3) is 0 Å². The number of nitrogens with zero attached hydrogens (tertiary/aromatic N) is 1. The highest BCUT2D eigenvalue weighted by molar-refractivity contribution is 5.99. The van der Waals surface area contributed by atoms with E-state index in [-0.39, 0.29) is 11.9 Å². The second-order valence-electron chi connectivity index (χ2n) is 5.11. The summed E-state index contributed by atoms with van der Waals surface area (Å²) in [5.74, 6) is 0.0289. The zero-order chi connectivity index (χ0) is 15.4. The van der Waals surface area contributed by atoms with E-state index in [9.17, 15) is 9.59 Å². The lowest BCUT2D eigenvalue weighted by Crippen LogP contribution is -2.41. The number of amides is 1. The molecule has 5 heteroatoms. The van der Waals surface area contributed by atoms with E-state index in [1.807, 2.05) is 13.0 Å². The molecule has 2 rings (SSSR count). The van der Waals surface area contributed by atoms with Gasteiger partial charge in [0.25, 0.3) is 5.91 Å². The summed E-state index contributed by atoms with van der Waals surface area (Å²) in [6.07, 6.45) is 1.46. The molecule has 0 aliphatic carbocycles. The van der Waals surface area contributed by atoms with Gasteiger partial charge >= 0.3 is 5.97 Å². The molecule has 0 aromatic heterocycles. The van der Waals surface area contributed by atoms with E-state index in [0.29, 0.717) is 30.9 Å². The number of rotatable bonds is 4. The number of ether oxygens (including phenoxy) is 2. The van der Waals surface area contributed by atoms with Crippen LogP contribution in [-0.4, -0.2) is 43.1 Å². The molecule has 1 aliphatic rings. The minimum atomic E-state index is -0.484. The molecule has 1 saturated heterocycles. The summed E-state index contributed by atoms with van der Waals surface area (Å²) in [4.78, 5) is 26.3. The molecule has 114 valence electrons. The molecule has 1 aromatic carbocycles. The fourth-order valence-corrected chi connectivity index (χ4v) is 2.64. The van der Waals surface area contributed by atoms with Crippen molar-refractivity contribution >= 4 is 11.9 Å². The number of carbonyl (C=O) groups is 2. The molecule has 1 atom stereocenters. The first-order valence-corrected chi connectivity index (χ1v) is 7.20. The number of methoxy groups -OCH3 is 1. The molecule has 1 aromatic rings. The van der Waals surface area contributed by atoms with Crippen molar-refractivity contribution in [2.24, 2.45) is 0 Å². The molecule has 0 N–H and O–H groups in total. The Morgan fingerprint density at radius 1 is 1.38 bits per heavy atom. The van der Waals surface area contributed by atoms with Crippen LogP contribution in [-0.2, 0) is 9.53 Å². The van der Waals surface area contributed by atoms with E-state index in [1.165, 1.54) is 7.11 Å². The number of likely N-dealkylation sites (tertiary alicyclic amines) is 1. The second kappa shape index (κ2) is 6.61. The zero-order valence-electron chi connectivity index (χ0n) is 12.7. The van der Waals surface area contributed by atoms with Crippen molar-refractivity contribution in [1.29, 1.82) is 0 Å². The third-order valence-corrected chi connectivity index (χ3v) is 3.66. The van der Waals surface area contributed by atoms with E-state index in [0.717, 1.165) is 12.0 Å². The molecular formula is C16H21NO4. The lowest BCUT2D eigenvalue weighted by atomic mass is 10.1. The minimum Gasteiger partial charge on any atom is -0.496 e. The molecule has 0 saturated carbocycles. The van der Waals surface area contributed by atoms with Crippen molar-refractivity contribution in [3.8, 4) is 5.75 Å². The Hall–Kier alpha value is -2.04. The van der Waals surface area contributed by atoms with E-state index in [2.05, 4.69) is 0 Å². The van der Waals surface area contributed by atoms with Crippen LogP contribution in [0.4, 0.5) is 0 Å². The van der Waals surface area contributed by atoms with Crippen LogP contribution in [0.3, 0.4) is 0 Å². The van der Waals surface area contributed by atoms with Crippen molar-refractivity contribution in [1.82, 2.24) is 4.90 Å². The molecule has 1 aliphatic heterocycles. The molecule has 0 spiro atoms. The summed E-state index contributed by atoms with van der Waals surface area (Å²) < 4.78 is 10.3. The van der Waals surface area contributed by atoms with Crippen molar-refractivity contribution in [2.45, 2.75) is 32.7 Å². The summed E-state index contributed by atoms with van der Waals surface area (Å²) in [5, 5.41) is 0. The molecular weight excluding hydrogens is 270 g/mol. The van der Waals surface area contributed by atoms with Gasteiger partial charge in [-0.1, -0.05) is 11.6 Å². The maximum atomic E-state index is 12.7. The van der Waals surface area contributed by atoms with Gasteiger partial charge in [-0.2, -0.15) is 0 Å². The maximum absolute atomic E-state index is 12.7. The molecule has 1 fully saturated rings. The molecule has 1 heterocycles. The smallest absolute Gasteiger partial charge is 0.328 e. The van der Waals surface area contributed by atoms with Crippen molar-refractivity contribution in [3.63, 3.8) is 0 Å². The fraction of sp³-hybridized carbons (Fsp3) is 0.500. The van der Waals surface area contributed by atoms with Gasteiger partial charge in [-0.15, -0.1) is 0 Å². The largest absolute Gasteiger partial charge is 0.496 e. The normalized spacial score (nSPS) is 17.7. The van der Waals surface area contributed by atoms with E-state index in [4.69, 9.17) is 9.47 Å². The molecule has 0 radical (unpaired) electrons. The van der Waals surface area contributed by atoms with Gasteiger partial charge in [0.05, 0.1) is 19.3 Å². The number of hydrogen-bond donors (Lipinski definition) is 0. The Bertz CT molecular complexity index is 541. The van der Waals surface area contributed by atoms with Gasteiger partial charge in [-0.05, 0) is 38.8 Å². The van der Waals surface area contributed by atoms with Crippen LogP contribution in [0.5, 0.6) is 5.75 Å². The molecule has 1 unspecified atom stereocenters. The van der Waals surface area contributed by atoms with Gasteiger partial charge in [-0.3, -0.25) is 4.79 Å². The third kappa shape index (κ3) is 3.17. The van der Waals surface area contributed by atoms with E-state index >= 15 is 0 Å². The van der Waals surface area contributed by atoms with Crippen LogP contribution in [0.15, 0.2) is 18.2 Å². The highest BCUT2D eigenvalue weighted by Gasteiger charge is 2.36. The number of aryl methyl sites for hydroxylation is 1. The van der Waals surface area contributed by atoms with Crippen LogP contribution in [0.2, 0.25) is 0 Å². The van der Waals surface area contributed by atoms with Crippen molar-refractivity contribution < 1.29 is 19.1 Å². The molecule has 21 heavy (non-hydrogen) atoms. The maximum Gasteiger partial charge on any atom is 0.328 e. The first-order valence-electron chi connectivity index (χ1n) is 7.20. The molecule has 5 nitrogen and oxygen atoms in total. The lowest BCUT2D eigenvalue weighted by molar-refractivity contribution is -0.147. The van der Waals surface area contributed by atoms with E-state index < -0.39 is 6.04 Å². The van der Waals surface area contributed by atoms with E-state index in [1.54, 1.807) is 24.0 Å². The Morgan fingerprint density at radius 3 is 2.81 bits per heavy atom. The standard InChI is InChI=1S/C16H21NO4/c1-4-21-16(19)13-6-5-9-17(13)15(18)12-10-11(2)7-8-14(12)20-3/h7-8,10,13H,4-6,9H2,1-3H3. The van der Waals surface area contributed by atoms with Crippen LogP contribution < -0.4 is 4.74 Å². The van der Waals surface area contributed by atoms with Gasteiger partial charge in [0.1, 0.15) is 11.8 Å². The SMILES string of the molecule is CCOC(=O)C1CCCN1C(=O)c1cc(C)ccc1OC. The summed E-state index contributed by atoms with van der Waals surface area (Å²) >= 11 is 0. The van der Waals surface area contributed by atoms with Crippen molar-refractivity contribution in [3.05, 3.63) is 29.3 Å². The summed E-state index contributed by atoms with van der Waals surface area (Å²) in [6, 6.07) is 4.98. The van der Waals surface area contributed by atoms with Crippen LogP contribution in [0.1, 0.15) is 35.7 Å². The number of esters is 1. The zero-order valence-corrected chi connectivity index (χ0v) is 12.7. The quantitative estimate of drug-likeness (QED) is 0.798. The van der Waals surface area contributed by atoms with Crippen LogP contribution in [0, 0.1) is 6.92 Å². The third-order valence-electron chi connectivity index (χ3n) is 3.66. The Balaban J connectivity index is 2.26. The Labute approximate surface area is 124 Å². The Morgan fingerprint density at radius 2 is 2.14 bits per heavy atom. The molecule has 0 bridgehead atoms. The van der Waals surface area contributed by atoms with Gasteiger partial charge in [0, 0.05) is 6.54 Å². The predicted molar refractivity (Wildman–Crippen MR) is 78.4 cm³/mol. The summed E-state index contributed by atoms with van der Waals surface area (Å²) in [6.45, 7) is 4.58. The highest BCUT2D eigenvalue weighted by atomic mass is 16.5. The highest BCUT2D eigenvalue weighted by Crippen LogP contribution is 2.26. The number of benzene rings is 1. The number of hydrogen-bond acceptors (Lipinski definition) is 4. The first kappa shape index (κ1) is 15.4. The van der Waals surface area contributed by atoms with Crippen molar-refractivity contribution in [2.75, 3.05) is 20.3 Å².